The maximum atomic E-state index is 12.6. The van der Waals surface area contributed by atoms with Crippen molar-refractivity contribution in [2.45, 2.75) is 31.0 Å². The third-order valence-electron chi connectivity index (χ3n) is 1.88. The van der Waals surface area contributed by atoms with E-state index in [1.54, 1.807) is 0 Å². The standard InChI is InChI=1S/C9H13F7O3/c10-7(11,8(12,13)14)9(15,16)19-6-2-5-18-4-1-3-17/h17H,1-6H2. The van der Waals surface area contributed by atoms with Crippen LogP contribution in [-0.4, -0.2) is 49.7 Å². The molecule has 1 N–H and O–H groups in total. The molecule has 10 heteroatoms. The third-order valence-corrected chi connectivity index (χ3v) is 1.88. The van der Waals surface area contributed by atoms with Crippen molar-refractivity contribution < 1.29 is 45.3 Å². The zero-order chi connectivity index (χ0) is 15.2. The monoisotopic (exact) mass is 302 g/mol. The highest BCUT2D eigenvalue weighted by atomic mass is 19.4. The summed E-state index contributed by atoms with van der Waals surface area (Å²) in [7, 11) is 0. The molecule has 0 aliphatic heterocycles. The molecule has 19 heavy (non-hydrogen) atoms. The maximum Gasteiger partial charge on any atom is 0.462 e. The molecular weight excluding hydrogens is 289 g/mol. The van der Waals surface area contributed by atoms with Gasteiger partial charge in [-0.25, -0.2) is 0 Å². The Hall–Kier alpha value is -0.610. The highest BCUT2D eigenvalue weighted by Gasteiger charge is 2.74. The number of aliphatic hydroxyl groups excluding tert-OH is 1. The van der Waals surface area contributed by atoms with Crippen molar-refractivity contribution >= 4 is 0 Å². The average molecular weight is 302 g/mol. The molecule has 0 spiro atoms. The van der Waals surface area contributed by atoms with Gasteiger partial charge in [-0.2, -0.15) is 30.7 Å². The van der Waals surface area contributed by atoms with Crippen LogP contribution < -0.4 is 0 Å². The molecule has 3 nitrogen and oxygen atoms in total. The number of alkyl halides is 7. The molecule has 0 fully saturated rings. The summed E-state index contributed by atoms with van der Waals surface area (Å²) in [6.07, 6.45) is -12.0. The maximum absolute atomic E-state index is 12.6. The number of hydrogen-bond acceptors (Lipinski definition) is 3. The minimum Gasteiger partial charge on any atom is -0.396 e. The van der Waals surface area contributed by atoms with Crippen molar-refractivity contribution in [1.82, 2.24) is 0 Å². The lowest BCUT2D eigenvalue weighted by molar-refractivity contribution is -0.424. The van der Waals surface area contributed by atoms with Crippen molar-refractivity contribution in [3.63, 3.8) is 0 Å². The average Bonchev–Trinajstić information content (AvgIpc) is 2.26. The van der Waals surface area contributed by atoms with Gasteiger partial charge >= 0.3 is 18.2 Å². The van der Waals surface area contributed by atoms with Crippen molar-refractivity contribution in [3.05, 3.63) is 0 Å². The first-order chi connectivity index (χ1) is 8.56. The number of ether oxygens (including phenoxy) is 2. The molecule has 0 rings (SSSR count). The van der Waals surface area contributed by atoms with Gasteiger partial charge in [0, 0.05) is 19.8 Å². The van der Waals surface area contributed by atoms with Gasteiger partial charge in [-0.15, -0.1) is 0 Å². The van der Waals surface area contributed by atoms with Crippen LogP contribution >= 0.6 is 0 Å². The van der Waals surface area contributed by atoms with E-state index in [-0.39, 0.29) is 26.2 Å². The number of hydrogen-bond donors (Lipinski definition) is 1. The van der Waals surface area contributed by atoms with E-state index in [1.807, 2.05) is 0 Å². The van der Waals surface area contributed by atoms with Gasteiger partial charge < -0.3 is 14.6 Å². The van der Waals surface area contributed by atoms with Crippen LogP contribution in [0.4, 0.5) is 30.7 Å². The number of aliphatic hydroxyl groups is 1. The van der Waals surface area contributed by atoms with Gasteiger partial charge in [-0.05, 0) is 12.8 Å². The van der Waals surface area contributed by atoms with E-state index in [9.17, 15) is 30.7 Å². The normalized spacial score (nSPS) is 13.9. The lowest BCUT2D eigenvalue weighted by Crippen LogP contribution is -2.53. The zero-order valence-corrected chi connectivity index (χ0v) is 9.65. The van der Waals surface area contributed by atoms with E-state index in [1.165, 1.54) is 0 Å². The van der Waals surface area contributed by atoms with E-state index in [4.69, 9.17) is 9.84 Å². The second-order valence-corrected chi connectivity index (χ2v) is 3.48. The SMILES string of the molecule is OCCCOCCCOC(F)(F)C(F)(F)C(F)(F)F. The van der Waals surface area contributed by atoms with Crippen LogP contribution in [0.25, 0.3) is 0 Å². The Morgan fingerprint density at radius 1 is 0.789 bits per heavy atom. The van der Waals surface area contributed by atoms with Crippen LogP contribution in [0, 0.1) is 0 Å². The Balaban J connectivity index is 4.04. The second-order valence-electron chi connectivity index (χ2n) is 3.48. The molecular formula is C9H13F7O3. The molecule has 0 aromatic carbocycles. The van der Waals surface area contributed by atoms with Gasteiger partial charge in [-0.3, -0.25) is 0 Å². The Morgan fingerprint density at radius 3 is 1.79 bits per heavy atom. The van der Waals surface area contributed by atoms with Crippen LogP contribution in [0.2, 0.25) is 0 Å². The van der Waals surface area contributed by atoms with Gasteiger partial charge in [-0.1, -0.05) is 0 Å². The van der Waals surface area contributed by atoms with E-state index < -0.39 is 24.8 Å². The summed E-state index contributed by atoms with van der Waals surface area (Å²) < 4.78 is 92.9. The predicted molar refractivity (Wildman–Crippen MR) is 49.0 cm³/mol. The largest absolute Gasteiger partial charge is 0.462 e. The Kier molecular flexibility index (Phi) is 7.01. The predicted octanol–water partition coefficient (Wildman–Crippen LogP) is 2.58. The van der Waals surface area contributed by atoms with Crippen molar-refractivity contribution in [3.8, 4) is 0 Å². The summed E-state index contributed by atoms with van der Waals surface area (Å²) in [6.45, 7) is -1.20. The molecule has 0 unspecified atom stereocenters. The van der Waals surface area contributed by atoms with Crippen LogP contribution in [0.3, 0.4) is 0 Å². The molecule has 0 aromatic rings. The first-order valence-corrected chi connectivity index (χ1v) is 5.21. The van der Waals surface area contributed by atoms with Gasteiger partial charge in [0.1, 0.15) is 0 Å². The molecule has 0 aromatic heterocycles. The Morgan fingerprint density at radius 2 is 1.32 bits per heavy atom. The zero-order valence-electron chi connectivity index (χ0n) is 9.65. The topological polar surface area (TPSA) is 38.7 Å². The highest BCUT2D eigenvalue weighted by molar-refractivity contribution is 4.84. The fourth-order valence-corrected chi connectivity index (χ4v) is 0.886. The molecule has 0 amide bonds. The second kappa shape index (κ2) is 7.25. The molecule has 0 saturated heterocycles. The molecule has 0 aliphatic carbocycles. The first kappa shape index (κ1) is 18.4. The Bertz CT molecular complexity index is 255. The fourth-order valence-electron chi connectivity index (χ4n) is 0.886. The number of rotatable bonds is 9. The third kappa shape index (κ3) is 5.49. The van der Waals surface area contributed by atoms with E-state index in [2.05, 4.69) is 4.74 Å². The summed E-state index contributed by atoms with van der Waals surface area (Å²) >= 11 is 0. The van der Waals surface area contributed by atoms with Gasteiger partial charge in [0.15, 0.2) is 0 Å². The Labute approximate surface area is 104 Å². The summed E-state index contributed by atoms with van der Waals surface area (Å²) in [5.74, 6) is -6.25. The van der Waals surface area contributed by atoms with Crippen LogP contribution in [-0.2, 0) is 9.47 Å². The summed E-state index contributed by atoms with van der Waals surface area (Å²) in [6, 6.07) is 0. The molecule has 0 bridgehead atoms. The smallest absolute Gasteiger partial charge is 0.396 e. The highest BCUT2D eigenvalue weighted by Crippen LogP contribution is 2.46. The molecule has 0 radical (unpaired) electrons. The lowest BCUT2D eigenvalue weighted by atomic mass is 10.3. The van der Waals surface area contributed by atoms with Gasteiger partial charge in [0.05, 0.1) is 6.61 Å². The quantitative estimate of drug-likeness (QED) is 0.525. The van der Waals surface area contributed by atoms with E-state index in [0.29, 0.717) is 6.42 Å². The van der Waals surface area contributed by atoms with E-state index in [0.717, 1.165) is 0 Å². The fraction of sp³-hybridized carbons (Fsp3) is 1.00. The molecule has 0 saturated carbocycles. The van der Waals surface area contributed by atoms with Gasteiger partial charge in [0.25, 0.3) is 0 Å². The minimum absolute atomic E-state index is 0.117. The molecule has 116 valence electrons. The van der Waals surface area contributed by atoms with Crippen LogP contribution in [0.15, 0.2) is 0 Å². The van der Waals surface area contributed by atoms with Crippen molar-refractivity contribution in [2.75, 3.05) is 26.4 Å². The lowest BCUT2D eigenvalue weighted by Gasteiger charge is -2.27. The summed E-state index contributed by atoms with van der Waals surface area (Å²) in [4.78, 5) is 0. The van der Waals surface area contributed by atoms with Crippen LogP contribution in [0.5, 0.6) is 0 Å². The van der Waals surface area contributed by atoms with Crippen molar-refractivity contribution in [1.29, 1.82) is 0 Å². The number of halogens is 7. The van der Waals surface area contributed by atoms with Gasteiger partial charge in [0.2, 0.25) is 0 Å². The summed E-state index contributed by atoms with van der Waals surface area (Å²) in [5, 5.41) is 8.35. The first-order valence-electron chi connectivity index (χ1n) is 5.21. The minimum atomic E-state index is -6.39. The van der Waals surface area contributed by atoms with Crippen LogP contribution in [0.1, 0.15) is 12.8 Å². The van der Waals surface area contributed by atoms with E-state index >= 15 is 0 Å². The molecule has 0 heterocycles. The molecule has 0 aliphatic rings. The summed E-state index contributed by atoms with van der Waals surface area (Å²) in [5.41, 5.74) is 0. The molecule has 0 atom stereocenters. The van der Waals surface area contributed by atoms with Crippen molar-refractivity contribution in [2.24, 2.45) is 0 Å².